The first-order valence-corrected chi connectivity index (χ1v) is 6.71. The minimum atomic E-state index is 0.499. The van der Waals surface area contributed by atoms with E-state index in [1.54, 1.807) is 6.20 Å². The molecule has 19 heavy (non-hydrogen) atoms. The molecule has 102 valence electrons. The van der Waals surface area contributed by atoms with E-state index in [9.17, 15) is 0 Å². The Morgan fingerprint density at radius 2 is 2.05 bits per heavy atom. The van der Waals surface area contributed by atoms with Gasteiger partial charge in [-0.15, -0.1) is 0 Å². The Labute approximate surface area is 112 Å². The van der Waals surface area contributed by atoms with E-state index in [0.29, 0.717) is 6.01 Å². The summed E-state index contributed by atoms with van der Waals surface area (Å²) < 4.78 is 7.55. The monoisotopic (exact) mass is 261 g/mol. The van der Waals surface area contributed by atoms with E-state index >= 15 is 0 Å². The number of anilines is 3. The van der Waals surface area contributed by atoms with E-state index in [0.717, 1.165) is 30.5 Å². The molecule has 3 rings (SSSR count). The van der Waals surface area contributed by atoms with Gasteiger partial charge in [-0.3, -0.25) is 10.00 Å². The highest BCUT2D eigenvalue weighted by atomic mass is 16.4. The maximum Gasteiger partial charge on any atom is 0.302 e. The average molecular weight is 261 g/mol. The normalized spacial score (nSPS) is 15.8. The van der Waals surface area contributed by atoms with Crippen molar-refractivity contribution >= 4 is 17.7 Å². The first-order chi connectivity index (χ1) is 9.22. The highest BCUT2D eigenvalue weighted by Gasteiger charge is 2.15. The van der Waals surface area contributed by atoms with E-state index in [4.69, 9.17) is 4.42 Å². The first kappa shape index (κ1) is 12.1. The molecule has 6 heteroatoms. The molecule has 0 aliphatic carbocycles. The molecule has 1 aliphatic heterocycles. The van der Waals surface area contributed by atoms with Crippen molar-refractivity contribution in [2.45, 2.75) is 26.2 Å². The fourth-order valence-corrected chi connectivity index (χ4v) is 2.32. The number of aryl methyl sites for hydroxylation is 2. The van der Waals surface area contributed by atoms with Gasteiger partial charge in [0, 0.05) is 31.9 Å². The van der Waals surface area contributed by atoms with Crippen LogP contribution in [0.1, 0.15) is 25.0 Å². The predicted molar refractivity (Wildman–Crippen MR) is 73.8 cm³/mol. The lowest BCUT2D eigenvalue weighted by atomic mass is 10.1. The number of aromatic nitrogens is 3. The van der Waals surface area contributed by atoms with E-state index < -0.39 is 0 Å². The van der Waals surface area contributed by atoms with Crippen LogP contribution in [0.25, 0.3) is 0 Å². The second-order valence-corrected chi connectivity index (χ2v) is 4.97. The summed E-state index contributed by atoms with van der Waals surface area (Å²) in [7, 11) is 1.91. The molecule has 0 bridgehead atoms. The molecule has 1 N–H and O–H groups in total. The van der Waals surface area contributed by atoms with Crippen molar-refractivity contribution in [3.05, 3.63) is 18.0 Å². The van der Waals surface area contributed by atoms with E-state index in [1.807, 2.05) is 24.7 Å². The van der Waals surface area contributed by atoms with Gasteiger partial charge in [0.15, 0.2) is 5.82 Å². The zero-order valence-corrected chi connectivity index (χ0v) is 11.4. The van der Waals surface area contributed by atoms with Crippen molar-refractivity contribution in [2.24, 2.45) is 7.05 Å². The molecule has 1 fully saturated rings. The Kier molecular flexibility index (Phi) is 3.15. The summed E-state index contributed by atoms with van der Waals surface area (Å²) >= 11 is 0. The minimum absolute atomic E-state index is 0.499. The van der Waals surface area contributed by atoms with E-state index in [-0.39, 0.29) is 0 Å². The third kappa shape index (κ3) is 2.57. The Hall–Kier alpha value is -1.98. The van der Waals surface area contributed by atoms with Crippen LogP contribution < -0.4 is 10.2 Å². The van der Waals surface area contributed by atoms with Crippen LogP contribution in [0.2, 0.25) is 0 Å². The van der Waals surface area contributed by atoms with Crippen LogP contribution in [0.15, 0.2) is 16.7 Å². The van der Waals surface area contributed by atoms with Gasteiger partial charge >= 0.3 is 6.01 Å². The largest absolute Gasteiger partial charge is 0.407 e. The van der Waals surface area contributed by atoms with E-state index in [1.165, 1.54) is 19.3 Å². The van der Waals surface area contributed by atoms with Gasteiger partial charge in [-0.1, -0.05) is 0 Å². The lowest BCUT2D eigenvalue weighted by Gasteiger charge is -2.25. The van der Waals surface area contributed by atoms with Gasteiger partial charge in [0.05, 0.1) is 6.20 Å². The van der Waals surface area contributed by atoms with Gasteiger partial charge in [0.2, 0.25) is 5.88 Å². The van der Waals surface area contributed by atoms with Crippen LogP contribution in [0.4, 0.5) is 17.7 Å². The standard InChI is InChI=1S/C13H19N5O/c1-10-8-11(16-17(10)2)15-13-14-9-12(19-13)18-6-4-3-5-7-18/h8-9H,3-7H2,1-2H3,(H,14,15,16). The predicted octanol–water partition coefficient (Wildman–Crippen LogP) is 2.45. The number of nitrogens with zero attached hydrogens (tertiary/aromatic N) is 4. The van der Waals surface area contributed by atoms with Crippen LogP contribution >= 0.6 is 0 Å². The van der Waals surface area contributed by atoms with Gasteiger partial charge < -0.3 is 9.32 Å². The zero-order chi connectivity index (χ0) is 13.2. The molecule has 0 atom stereocenters. The van der Waals surface area contributed by atoms with Crippen molar-refractivity contribution in [1.82, 2.24) is 14.8 Å². The molecule has 0 aromatic carbocycles. The molecule has 2 aromatic heterocycles. The quantitative estimate of drug-likeness (QED) is 0.919. The third-order valence-electron chi connectivity index (χ3n) is 3.51. The molecule has 1 saturated heterocycles. The smallest absolute Gasteiger partial charge is 0.302 e. The fourth-order valence-electron chi connectivity index (χ4n) is 2.32. The van der Waals surface area contributed by atoms with Gasteiger partial charge in [-0.2, -0.15) is 10.1 Å². The van der Waals surface area contributed by atoms with Crippen LogP contribution in [0.5, 0.6) is 0 Å². The van der Waals surface area contributed by atoms with Crippen LogP contribution in [0.3, 0.4) is 0 Å². The van der Waals surface area contributed by atoms with E-state index in [2.05, 4.69) is 20.3 Å². The summed E-state index contributed by atoms with van der Waals surface area (Å²) in [5.74, 6) is 1.60. The molecule has 2 aromatic rings. The number of piperidine rings is 1. The highest BCUT2D eigenvalue weighted by molar-refractivity contribution is 5.49. The first-order valence-electron chi connectivity index (χ1n) is 6.71. The summed E-state index contributed by atoms with van der Waals surface area (Å²) in [5.41, 5.74) is 1.09. The van der Waals surface area contributed by atoms with Crippen molar-refractivity contribution in [3.8, 4) is 0 Å². The summed E-state index contributed by atoms with van der Waals surface area (Å²) in [4.78, 5) is 6.50. The van der Waals surface area contributed by atoms with Crippen molar-refractivity contribution in [2.75, 3.05) is 23.3 Å². The Morgan fingerprint density at radius 1 is 1.26 bits per heavy atom. The topological polar surface area (TPSA) is 59.1 Å². The zero-order valence-electron chi connectivity index (χ0n) is 11.4. The SMILES string of the molecule is Cc1cc(Nc2ncc(N3CCCCC3)o2)nn1C. The minimum Gasteiger partial charge on any atom is -0.407 e. The van der Waals surface area contributed by atoms with Crippen molar-refractivity contribution in [3.63, 3.8) is 0 Å². The molecule has 0 radical (unpaired) electrons. The maximum atomic E-state index is 5.73. The van der Waals surface area contributed by atoms with Crippen molar-refractivity contribution in [1.29, 1.82) is 0 Å². The summed E-state index contributed by atoms with van der Waals surface area (Å²) in [6.07, 6.45) is 5.54. The van der Waals surface area contributed by atoms with Crippen LogP contribution in [0, 0.1) is 6.92 Å². The van der Waals surface area contributed by atoms with Gasteiger partial charge in [-0.25, -0.2) is 0 Å². The molecule has 1 aliphatic rings. The summed E-state index contributed by atoms with van der Waals surface area (Å²) in [6.45, 7) is 4.11. The van der Waals surface area contributed by atoms with Crippen LogP contribution in [-0.4, -0.2) is 27.9 Å². The van der Waals surface area contributed by atoms with Crippen LogP contribution in [-0.2, 0) is 7.05 Å². The lowest BCUT2D eigenvalue weighted by molar-refractivity contribution is 0.506. The molecular weight excluding hydrogens is 242 g/mol. The number of hydrogen-bond donors (Lipinski definition) is 1. The fraction of sp³-hybridized carbons (Fsp3) is 0.538. The maximum absolute atomic E-state index is 5.73. The second kappa shape index (κ2) is 4.95. The Bertz CT molecular complexity index is 534. The molecule has 0 amide bonds. The Morgan fingerprint density at radius 3 is 2.74 bits per heavy atom. The van der Waals surface area contributed by atoms with Crippen molar-refractivity contribution < 1.29 is 4.42 Å². The van der Waals surface area contributed by atoms with Gasteiger partial charge in [-0.05, 0) is 26.2 Å². The third-order valence-corrected chi connectivity index (χ3v) is 3.51. The molecule has 0 unspecified atom stereocenters. The van der Waals surface area contributed by atoms with Gasteiger partial charge in [0.1, 0.15) is 0 Å². The number of oxazole rings is 1. The Balaban J connectivity index is 1.70. The number of hydrogen-bond acceptors (Lipinski definition) is 5. The average Bonchev–Trinajstić information content (AvgIpc) is 2.99. The second-order valence-electron chi connectivity index (χ2n) is 4.97. The highest BCUT2D eigenvalue weighted by Crippen LogP contribution is 2.24. The number of rotatable bonds is 3. The van der Waals surface area contributed by atoms with Gasteiger partial charge in [0.25, 0.3) is 0 Å². The molecule has 0 spiro atoms. The molecular formula is C13H19N5O. The number of nitrogens with one attached hydrogen (secondary N) is 1. The summed E-state index contributed by atoms with van der Waals surface area (Å²) in [6, 6.07) is 2.46. The summed E-state index contributed by atoms with van der Waals surface area (Å²) in [5, 5.41) is 7.41. The molecule has 6 nitrogen and oxygen atoms in total. The lowest BCUT2D eigenvalue weighted by Crippen LogP contribution is -2.28. The molecule has 3 heterocycles. The molecule has 0 saturated carbocycles.